The molecule has 0 atom stereocenters. The minimum Gasteiger partial charge on any atom is -0.164 e. The molecule has 6 aromatic carbocycles. The molecule has 0 bridgehead atoms. The van der Waals surface area contributed by atoms with Gasteiger partial charge in [0.1, 0.15) is 0 Å². The molecule has 7 heteroatoms. The van der Waals surface area contributed by atoms with E-state index in [4.69, 9.17) is 17.0 Å². The van der Waals surface area contributed by atoms with E-state index in [1.807, 2.05) is 0 Å². The molecule has 0 unspecified atom stereocenters. The maximum absolute atomic E-state index is 11.2. The Hall–Kier alpha value is -2.43. The van der Waals surface area contributed by atoms with Crippen molar-refractivity contribution >= 4 is 48.1 Å². The average Bonchev–Trinajstić information content (AvgIpc) is 3.98. The molecule has 4 fully saturated rings. The zero-order chi connectivity index (χ0) is 46.9. The van der Waals surface area contributed by atoms with Gasteiger partial charge in [0, 0.05) is 15.9 Å². The Morgan fingerprint density at radius 2 is 0.881 bits per heavy atom. The van der Waals surface area contributed by atoms with Crippen molar-refractivity contribution in [3.05, 3.63) is 131 Å². The molecule has 0 heterocycles. The molecule has 10 rings (SSSR count). The Bertz CT molecular complexity index is 2160. The van der Waals surface area contributed by atoms with E-state index < -0.39 is 33.4 Å². The maximum Gasteiger partial charge on any atom is -0.0162 e. The summed E-state index contributed by atoms with van der Waals surface area (Å²) in [6.07, 6.45) is 26.3. The van der Waals surface area contributed by atoms with E-state index in [2.05, 4.69) is 109 Å². The van der Waals surface area contributed by atoms with Crippen molar-refractivity contribution in [2.45, 2.75) is 178 Å². The second kappa shape index (κ2) is 27.2. The molecule has 0 aliphatic heterocycles. The van der Waals surface area contributed by atoms with Crippen molar-refractivity contribution in [3.63, 3.8) is 0 Å². The second-order valence-electron chi connectivity index (χ2n) is 20.2. The van der Waals surface area contributed by atoms with Crippen LogP contribution in [0, 0.1) is 11.8 Å². The quantitative estimate of drug-likeness (QED) is 0.0947. The number of hydrogen-bond donors (Lipinski definition) is 0. The maximum atomic E-state index is 11.2. The van der Waals surface area contributed by atoms with Gasteiger partial charge >= 0.3 is 44.1 Å². The molecule has 4 aliphatic carbocycles. The standard InChI is InChI=1S/2C28H33.C4H7F3Si.2ClH.Zr/c2*1-3-8-21(9-4-1)18-22-19-26-12-7-13-27(28(26)20-22)25-16-14-24(15-17-25)23-10-5-2-6-11-23;1-8-3-2-4(5,6)7;;;/h2*7,12-17,19-21,23H,1-6,8-11,18H2;2-3H2,1H3;2*1H;/q2*-1;;;;+4/p-2. The van der Waals surface area contributed by atoms with Crippen LogP contribution in [0.5, 0.6) is 0 Å². The fourth-order valence-electron chi connectivity index (χ4n) is 11.8. The van der Waals surface area contributed by atoms with Gasteiger partial charge in [-0.1, -0.05) is 187 Å². The molecule has 6 aromatic rings. The number of fused-ring (bicyclic) bond motifs is 2. The molecule has 356 valence electrons. The molecule has 0 nitrogen and oxygen atoms in total. The van der Waals surface area contributed by atoms with Gasteiger partial charge in [0.25, 0.3) is 0 Å². The summed E-state index contributed by atoms with van der Waals surface area (Å²) >= 11 is -0.826. The van der Waals surface area contributed by atoms with Crippen LogP contribution in [0.1, 0.15) is 169 Å². The monoisotopic (exact) mass is 1040 g/mol. The van der Waals surface area contributed by atoms with E-state index in [0.29, 0.717) is 9.52 Å². The normalized spacial score (nSPS) is 17.7. The third kappa shape index (κ3) is 16.0. The van der Waals surface area contributed by atoms with Gasteiger partial charge in [-0.05, 0) is 84.5 Å². The smallest absolute Gasteiger partial charge is 0.0162 e. The van der Waals surface area contributed by atoms with Gasteiger partial charge < -0.3 is 0 Å². The van der Waals surface area contributed by atoms with Crippen LogP contribution in [0.2, 0.25) is 12.6 Å². The Morgan fingerprint density at radius 3 is 1.21 bits per heavy atom. The minimum atomic E-state index is -3.94. The van der Waals surface area contributed by atoms with Gasteiger partial charge in [0.05, 0.1) is 0 Å². The first kappa shape index (κ1) is 52.4. The number of alkyl halides is 3. The third-order valence-electron chi connectivity index (χ3n) is 15.4. The van der Waals surface area contributed by atoms with Gasteiger partial charge in [-0.3, -0.25) is 0 Å². The van der Waals surface area contributed by atoms with Crippen LogP contribution in [0.15, 0.2) is 109 Å². The number of halogens is 5. The van der Waals surface area contributed by atoms with E-state index >= 15 is 0 Å². The fraction of sp³-hybridized carbons (Fsp3) is 0.500. The Labute approximate surface area is 422 Å². The summed E-state index contributed by atoms with van der Waals surface area (Å²) in [6.45, 7) is 1.77. The first-order valence-electron chi connectivity index (χ1n) is 26.0. The van der Waals surface area contributed by atoms with Crippen LogP contribution in [0.4, 0.5) is 13.2 Å². The summed E-state index contributed by atoms with van der Waals surface area (Å²) < 4.78 is 33.7. The summed E-state index contributed by atoms with van der Waals surface area (Å²) in [5, 5.41) is 5.72. The van der Waals surface area contributed by atoms with Crippen LogP contribution in [0.3, 0.4) is 0 Å². The van der Waals surface area contributed by atoms with Crippen LogP contribution >= 0.6 is 17.0 Å². The van der Waals surface area contributed by atoms with Crippen molar-refractivity contribution in [2.24, 2.45) is 11.8 Å². The Balaban J connectivity index is 0.000000163. The van der Waals surface area contributed by atoms with E-state index in [1.54, 1.807) is 28.8 Å². The molecule has 4 aliphatic rings. The van der Waals surface area contributed by atoms with Crippen LogP contribution in [-0.2, 0) is 33.7 Å². The summed E-state index contributed by atoms with van der Waals surface area (Å²) in [5.74, 6) is 3.40. The molecular formula is C60H73Cl2F3SiZr. The predicted octanol–water partition coefficient (Wildman–Crippen LogP) is 20.3. The van der Waals surface area contributed by atoms with E-state index in [0.717, 1.165) is 23.7 Å². The van der Waals surface area contributed by atoms with E-state index in [1.165, 1.54) is 185 Å². The predicted molar refractivity (Wildman–Crippen MR) is 281 cm³/mol. The van der Waals surface area contributed by atoms with E-state index in [-0.39, 0.29) is 6.04 Å². The van der Waals surface area contributed by atoms with Gasteiger partial charge in [-0.25, -0.2) is 0 Å². The molecule has 4 saturated carbocycles. The van der Waals surface area contributed by atoms with Crippen LogP contribution in [-0.4, -0.2) is 15.7 Å². The van der Waals surface area contributed by atoms with Crippen molar-refractivity contribution in [1.29, 1.82) is 0 Å². The number of benzene rings is 4. The average molecular weight is 1040 g/mol. The summed E-state index contributed by atoms with van der Waals surface area (Å²) in [7, 11) is 10.3. The first-order valence-corrected chi connectivity index (χ1v) is 34.0. The summed E-state index contributed by atoms with van der Waals surface area (Å²) in [6, 6.07) is 42.9. The van der Waals surface area contributed by atoms with Crippen molar-refractivity contribution in [1.82, 2.24) is 0 Å². The molecule has 0 spiro atoms. The minimum absolute atomic E-state index is 0.281. The fourth-order valence-corrected chi connectivity index (χ4v) is 12.3. The van der Waals surface area contributed by atoms with Gasteiger partial charge in [-0.2, -0.15) is 25.3 Å². The SMILES string of the molecule is C[Si]CCC(F)(F)F.[Cl][Zr+2][Cl].c1cc(-c2ccc(C3CCCCC3)cc2)c2cc(CC3CCCCC3)[cH-]c2c1.c1cc(-c2ccc(C3CCCCC3)cc2)c2cc(CC3CCCCC3)[cH-]c2c1. The molecule has 2 radical (unpaired) electrons. The van der Waals surface area contributed by atoms with Gasteiger partial charge in [0.2, 0.25) is 0 Å². The zero-order valence-electron chi connectivity index (χ0n) is 40.1. The van der Waals surface area contributed by atoms with Crippen LogP contribution < -0.4 is 0 Å². The summed E-state index contributed by atoms with van der Waals surface area (Å²) in [5.41, 5.74) is 11.8. The van der Waals surface area contributed by atoms with Crippen LogP contribution in [0.25, 0.3) is 43.8 Å². The third-order valence-corrected chi connectivity index (χ3v) is 16.1. The van der Waals surface area contributed by atoms with Gasteiger partial charge in [0.15, 0.2) is 0 Å². The molecule has 0 amide bonds. The Morgan fingerprint density at radius 1 is 0.522 bits per heavy atom. The Kier molecular flexibility index (Phi) is 21.3. The van der Waals surface area contributed by atoms with Crippen molar-refractivity contribution in [3.8, 4) is 22.3 Å². The first-order chi connectivity index (χ1) is 32.7. The molecule has 0 N–H and O–H groups in total. The largest absolute Gasteiger partial charge is 0.164 e. The summed E-state index contributed by atoms with van der Waals surface area (Å²) in [4.78, 5) is 0. The van der Waals surface area contributed by atoms with E-state index in [9.17, 15) is 13.2 Å². The van der Waals surface area contributed by atoms with Crippen molar-refractivity contribution < 1.29 is 34.0 Å². The van der Waals surface area contributed by atoms with Gasteiger partial charge in [-0.15, -0.1) is 69.1 Å². The molecule has 67 heavy (non-hydrogen) atoms. The molecule has 0 aromatic heterocycles. The topological polar surface area (TPSA) is 0 Å². The number of rotatable bonds is 10. The second-order valence-corrected chi connectivity index (χ2v) is 25.2. The number of hydrogen-bond acceptors (Lipinski definition) is 0. The molecule has 0 saturated heterocycles. The zero-order valence-corrected chi connectivity index (χ0v) is 45.0. The van der Waals surface area contributed by atoms with Crippen molar-refractivity contribution in [2.75, 3.05) is 0 Å². The molecular weight excluding hydrogens is 968 g/mol.